The largest absolute Gasteiger partial charge is 0.381 e. The monoisotopic (exact) mass is 416 g/mol. The van der Waals surface area contributed by atoms with Gasteiger partial charge in [0, 0.05) is 48.0 Å². The summed E-state index contributed by atoms with van der Waals surface area (Å²) < 4.78 is 3.54. The van der Waals surface area contributed by atoms with Crippen molar-refractivity contribution in [3.63, 3.8) is 0 Å². The summed E-state index contributed by atoms with van der Waals surface area (Å²) in [6.07, 6.45) is 7.09. The maximum absolute atomic E-state index is 11.9. The maximum atomic E-state index is 11.9. The van der Waals surface area contributed by atoms with Gasteiger partial charge in [-0.15, -0.1) is 11.3 Å². The molecule has 9 heteroatoms. The molecule has 0 radical (unpaired) electrons. The molecule has 4 rings (SSSR count). The second kappa shape index (κ2) is 8.50. The van der Waals surface area contributed by atoms with Crippen molar-refractivity contribution < 1.29 is 4.79 Å². The van der Waals surface area contributed by atoms with Crippen molar-refractivity contribution in [2.45, 2.75) is 38.3 Å². The summed E-state index contributed by atoms with van der Waals surface area (Å²) in [6, 6.07) is 3.01. The molecule has 0 unspecified atom stereocenters. The molecule has 3 aromatic rings. The third-order valence-electron chi connectivity index (χ3n) is 4.82. The molecule has 148 valence electrons. The number of aromatic amines is 1. The predicted octanol–water partition coefficient (Wildman–Crippen LogP) is 3.64. The summed E-state index contributed by atoms with van der Waals surface area (Å²) >= 11 is 3.28. The van der Waals surface area contributed by atoms with Crippen LogP contribution in [0.5, 0.6) is 0 Å². The molecule has 4 N–H and O–H groups in total. The molecule has 1 aliphatic carbocycles. The Morgan fingerprint density at radius 1 is 1.39 bits per heavy atom. The Morgan fingerprint density at radius 3 is 3.04 bits per heavy atom. The first-order valence-corrected chi connectivity index (χ1v) is 11.3. The number of rotatable bonds is 8. The van der Waals surface area contributed by atoms with Crippen molar-refractivity contribution in [1.29, 1.82) is 0 Å². The summed E-state index contributed by atoms with van der Waals surface area (Å²) in [5, 5.41) is 9.95. The van der Waals surface area contributed by atoms with Gasteiger partial charge >= 0.3 is 0 Å². The van der Waals surface area contributed by atoms with E-state index in [1.165, 1.54) is 17.8 Å². The van der Waals surface area contributed by atoms with Crippen molar-refractivity contribution >= 4 is 45.9 Å². The van der Waals surface area contributed by atoms with Crippen LogP contribution < -0.4 is 15.4 Å². The number of aromatic nitrogens is 3. The lowest BCUT2D eigenvalue weighted by Crippen LogP contribution is -2.45. The highest BCUT2D eigenvalue weighted by Gasteiger charge is 2.30. The van der Waals surface area contributed by atoms with E-state index in [1.807, 2.05) is 30.4 Å². The zero-order chi connectivity index (χ0) is 19.5. The van der Waals surface area contributed by atoms with Crippen LogP contribution in [0.4, 0.5) is 5.69 Å². The Bertz CT molecular complexity index is 962. The lowest BCUT2D eigenvalue weighted by Gasteiger charge is -2.37. The van der Waals surface area contributed by atoms with E-state index in [4.69, 9.17) is 0 Å². The van der Waals surface area contributed by atoms with Gasteiger partial charge in [0.05, 0.1) is 11.3 Å². The van der Waals surface area contributed by atoms with Crippen LogP contribution in [0.3, 0.4) is 0 Å². The number of hydrogen-bond donors (Lipinski definition) is 4. The van der Waals surface area contributed by atoms with E-state index in [0.29, 0.717) is 17.8 Å². The first-order valence-electron chi connectivity index (χ1n) is 9.47. The number of thiazole rings is 1. The van der Waals surface area contributed by atoms with Crippen LogP contribution in [0.15, 0.2) is 23.8 Å². The van der Waals surface area contributed by atoms with Crippen LogP contribution >= 0.6 is 23.3 Å². The zero-order valence-electron chi connectivity index (χ0n) is 15.9. The van der Waals surface area contributed by atoms with Crippen molar-refractivity contribution in [3.05, 3.63) is 29.5 Å². The van der Waals surface area contributed by atoms with E-state index < -0.39 is 0 Å². The molecule has 1 amide bonds. The minimum Gasteiger partial charge on any atom is -0.381 e. The minimum atomic E-state index is -0.176. The Morgan fingerprint density at radius 2 is 2.25 bits per heavy atom. The molecule has 0 spiro atoms. The van der Waals surface area contributed by atoms with Gasteiger partial charge in [0.15, 0.2) is 0 Å². The first-order chi connectivity index (χ1) is 13.7. The summed E-state index contributed by atoms with van der Waals surface area (Å²) in [5.41, 5.74) is 3.25. The average molecular weight is 417 g/mol. The fourth-order valence-corrected chi connectivity index (χ4v) is 4.84. The third kappa shape index (κ3) is 3.87. The lowest BCUT2D eigenvalue weighted by molar-refractivity contribution is 0.0959. The number of H-pyrrole nitrogens is 1. The van der Waals surface area contributed by atoms with E-state index in [-0.39, 0.29) is 5.91 Å². The number of amides is 1. The Hall–Kier alpha value is -2.10. The Balaban J connectivity index is 1.55. The number of nitrogens with zero attached hydrogens (tertiary/aromatic N) is 2. The van der Waals surface area contributed by atoms with E-state index >= 15 is 0 Å². The zero-order valence-corrected chi connectivity index (χ0v) is 17.5. The molecule has 3 heterocycles. The van der Waals surface area contributed by atoms with Crippen molar-refractivity contribution in [2.75, 3.05) is 18.1 Å². The molecule has 28 heavy (non-hydrogen) atoms. The summed E-state index contributed by atoms with van der Waals surface area (Å²) in [6.45, 7) is 2.20. The van der Waals surface area contributed by atoms with E-state index in [0.717, 1.165) is 45.9 Å². The fraction of sp³-hybridized carbons (Fsp3) is 0.421. The molecule has 0 bridgehead atoms. The number of hydrogen-bond acceptors (Lipinski definition) is 7. The maximum Gasteiger partial charge on any atom is 0.270 e. The van der Waals surface area contributed by atoms with Crippen LogP contribution in [0.2, 0.25) is 0 Å². The second-order valence-electron chi connectivity index (χ2n) is 6.88. The summed E-state index contributed by atoms with van der Waals surface area (Å²) in [4.78, 5) is 24.1. The molecule has 0 atom stereocenters. The quantitative estimate of drug-likeness (QED) is 0.331. The summed E-state index contributed by atoms with van der Waals surface area (Å²) in [5.74, 6) is 0.968. The van der Waals surface area contributed by atoms with Gasteiger partial charge in [-0.25, -0.2) is 9.97 Å². The first kappa shape index (κ1) is 19.2. The molecule has 1 fully saturated rings. The van der Waals surface area contributed by atoms with Gasteiger partial charge in [-0.2, -0.15) is 0 Å². The Kier molecular flexibility index (Phi) is 5.84. The van der Waals surface area contributed by atoms with Gasteiger partial charge in [-0.05, 0) is 25.3 Å². The fourth-order valence-electron chi connectivity index (χ4n) is 3.27. The van der Waals surface area contributed by atoms with Crippen LogP contribution in [-0.4, -0.2) is 45.7 Å². The normalized spacial score (nSPS) is 18.8. The summed E-state index contributed by atoms with van der Waals surface area (Å²) in [7, 11) is 1.61. The highest BCUT2D eigenvalue weighted by molar-refractivity contribution is 7.97. The van der Waals surface area contributed by atoms with Gasteiger partial charge in [-0.1, -0.05) is 18.9 Å². The number of pyridine rings is 1. The molecule has 7 nitrogen and oxygen atoms in total. The van der Waals surface area contributed by atoms with E-state index in [2.05, 4.69) is 37.2 Å². The van der Waals surface area contributed by atoms with Gasteiger partial charge in [0.1, 0.15) is 16.3 Å². The number of carbonyl (C=O) groups is 1. The highest BCUT2D eigenvalue weighted by atomic mass is 32.2. The SMILES string of the molecule is CCCSN[C@H]1C[C@@H](Nc2c(-c3nc(C(=O)NC)cs3)cnc3[nH]ccc23)C1. The molecular weight excluding hydrogens is 392 g/mol. The molecule has 0 saturated heterocycles. The number of carbonyl (C=O) groups excluding carboxylic acids is 1. The van der Waals surface area contributed by atoms with Gasteiger partial charge in [0.2, 0.25) is 0 Å². The van der Waals surface area contributed by atoms with E-state index in [1.54, 1.807) is 12.4 Å². The van der Waals surface area contributed by atoms with Crippen LogP contribution in [0, 0.1) is 0 Å². The molecule has 1 saturated carbocycles. The van der Waals surface area contributed by atoms with Crippen LogP contribution in [-0.2, 0) is 0 Å². The van der Waals surface area contributed by atoms with Gasteiger partial charge in [0.25, 0.3) is 5.91 Å². The molecule has 3 aromatic heterocycles. The third-order valence-corrected chi connectivity index (χ3v) is 6.81. The van der Waals surface area contributed by atoms with Crippen molar-refractivity contribution in [1.82, 2.24) is 25.0 Å². The predicted molar refractivity (Wildman–Crippen MR) is 117 cm³/mol. The lowest BCUT2D eigenvalue weighted by atomic mass is 9.87. The molecular formula is C19H24N6OS2. The van der Waals surface area contributed by atoms with Gasteiger partial charge < -0.3 is 15.6 Å². The molecule has 1 aliphatic rings. The molecule has 0 aromatic carbocycles. The topological polar surface area (TPSA) is 94.7 Å². The van der Waals surface area contributed by atoms with Crippen molar-refractivity contribution in [3.8, 4) is 10.6 Å². The number of nitrogens with one attached hydrogen (secondary N) is 4. The van der Waals surface area contributed by atoms with Crippen molar-refractivity contribution in [2.24, 2.45) is 0 Å². The number of anilines is 1. The standard InChI is InChI=1S/C19H24N6OS2/c1-3-6-28-25-12-7-11(8-12)23-16-13-4-5-21-17(13)22-9-14(16)19-24-15(10-27-19)18(26)20-2/h4-5,9-12,25H,3,6-8H2,1-2H3,(H,20,26)(H2,21,22,23)/t11-,12+. The minimum absolute atomic E-state index is 0.176. The van der Waals surface area contributed by atoms with Crippen LogP contribution in [0.1, 0.15) is 36.7 Å². The highest BCUT2D eigenvalue weighted by Crippen LogP contribution is 2.37. The van der Waals surface area contributed by atoms with Crippen LogP contribution in [0.25, 0.3) is 21.6 Å². The van der Waals surface area contributed by atoms with Gasteiger partial charge in [-0.3, -0.25) is 9.52 Å². The molecule has 0 aliphatic heterocycles. The Labute approximate surface area is 172 Å². The smallest absolute Gasteiger partial charge is 0.270 e. The number of fused-ring (bicyclic) bond motifs is 1. The second-order valence-corrected chi connectivity index (χ2v) is 8.67. The average Bonchev–Trinajstić information content (AvgIpc) is 3.34. The van der Waals surface area contributed by atoms with E-state index in [9.17, 15) is 4.79 Å².